The number of ketones is 1. The van der Waals surface area contributed by atoms with Crippen molar-refractivity contribution in [2.45, 2.75) is 24.2 Å². The van der Waals surface area contributed by atoms with Gasteiger partial charge >= 0.3 is 0 Å². The first-order valence-corrected chi connectivity index (χ1v) is 12.8. The summed E-state index contributed by atoms with van der Waals surface area (Å²) in [5.41, 5.74) is 5.18. The number of hydrogen-bond acceptors (Lipinski definition) is 1. The monoisotopic (exact) mass is 458 g/mol. The Morgan fingerprint density at radius 2 is 0.686 bits per heavy atom. The fraction of sp³-hybridized carbons (Fsp3) is 0.219. The topological polar surface area (TPSA) is 26.0 Å². The van der Waals surface area contributed by atoms with Gasteiger partial charge in [0.15, 0.2) is 5.78 Å². The summed E-state index contributed by atoms with van der Waals surface area (Å²) in [5.74, 6) is 0.445. The highest BCUT2D eigenvalue weighted by Gasteiger charge is 2.71. The number of carbonyl (C=O) groups is 1. The standard InChI is InChI=1S/C32H28N2O/c35-32-26-28(22-13-5-1-6-14-22)33(29(26)23-15-7-2-8-16-23)21-34-30(24-17-9-3-10-18-24)27(32)31(34)25-19-11-4-12-20-25/h1-20,26-31H,21H2/p+2/t26?,28-,29+,30-,31-/m1/s1. The number of nitrogens with one attached hydrogen (secondary N) is 2. The van der Waals surface area contributed by atoms with Crippen molar-refractivity contribution in [1.82, 2.24) is 0 Å². The zero-order valence-electron chi connectivity index (χ0n) is 19.6. The first-order chi connectivity index (χ1) is 17.3. The maximum atomic E-state index is 14.7. The molecule has 7 rings (SSSR count). The van der Waals surface area contributed by atoms with E-state index >= 15 is 0 Å². The molecule has 0 radical (unpaired) electrons. The molecule has 172 valence electrons. The highest BCUT2D eigenvalue weighted by Crippen LogP contribution is 2.48. The van der Waals surface area contributed by atoms with Crippen molar-refractivity contribution in [3.8, 4) is 0 Å². The Kier molecular flexibility index (Phi) is 4.93. The highest BCUT2D eigenvalue weighted by atomic mass is 16.1. The molecule has 2 unspecified atom stereocenters. The summed E-state index contributed by atoms with van der Waals surface area (Å²) >= 11 is 0. The normalized spacial score (nSPS) is 33.1. The van der Waals surface area contributed by atoms with E-state index in [-0.39, 0.29) is 36.0 Å². The minimum Gasteiger partial charge on any atom is -0.298 e. The van der Waals surface area contributed by atoms with Gasteiger partial charge in [0.25, 0.3) is 0 Å². The number of carbonyl (C=O) groups excluding carboxylic acids is 1. The first-order valence-electron chi connectivity index (χ1n) is 12.8. The molecule has 0 aliphatic carbocycles. The van der Waals surface area contributed by atoms with Crippen LogP contribution in [0.4, 0.5) is 0 Å². The van der Waals surface area contributed by atoms with Crippen LogP contribution in [0.15, 0.2) is 121 Å². The molecule has 4 aromatic carbocycles. The van der Waals surface area contributed by atoms with Gasteiger partial charge in [-0.15, -0.1) is 0 Å². The fourth-order valence-corrected chi connectivity index (χ4v) is 7.34. The molecule has 0 spiro atoms. The second-order valence-electron chi connectivity index (χ2n) is 10.3. The summed E-state index contributed by atoms with van der Waals surface area (Å²) in [6, 6.07) is 43.8. The molecule has 4 bridgehead atoms. The van der Waals surface area contributed by atoms with Crippen LogP contribution in [0.25, 0.3) is 0 Å². The minimum atomic E-state index is -0.000857. The van der Waals surface area contributed by atoms with Gasteiger partial charge in [0, 0.05) is 22.3 Å². The van der Waals surface area contributed by atoms with E-state index < -0.39 is 0 Å². The zero-order chi connectivity index (χ0) is 23.4. The average molecular weight is 459 g/mol. The number of Topliss-reactive ketones (excluding diaryl/α,β-unsaturated/α-hetero) is 1. The summed E-state index contributed by atoms with van der Waals surface area (Å²) in [4.78, 5) is 17.7. The average Bonchev–Trinajstić information content (AvgIpc) is 2.88. The lowest BCUT2D eigenvalue weighted by molar-refractivity contribution is -1.19. The smallest absolute Gasteiger partial charge is 0.206 e. The second kappa shape index (κ2) is 8.30. The lowest BCUT2D eigenvalue weighted by Gasteiger charge is -2.61. The molecule has 3 heterocycles. The van der Waals surface area contributed by atoms with E-state index in [1.807, 2.05) is 0 Å². The van der Waals surface area contributed by atoms with Crippen LogP contribution in [0, 0.1) is 11.8 Å². The van der Waals surface area contributed by atoms with Gasteiger partial charge in [-0.1, -0.05) is 121 Å². The quantitative estimate of drug-likeness (QED) is 0.481. The van der Waals surface area contributed by atoms with Crippen LogP contribution in [-0.4, -0.2) is 12.5 Å². The van der Waals surface area contributed by atoms with Crippen molar-refractivity contribution in [3.63, 3.8) is 0 Å². The Labute approximate surface area is 206 Å². The van der Waals surface area contributed by atoms with Gasteiger partial charge in [-0.3, -0.25) is 14.6 Å². The van der Waals surface area contributed by atoms with Crippen molar-refractivity contribution in [3.05, 3.63) is 144 Å². The Morgan fingerprint density at radius 1 is 0.429 bits per heavy atom. The molecule has 0 saturated carbocycles. The summed E-state index contributed by atoms with van der Waals surface area (Å²) in [7, 11) is 0. The van der Waals surface area contributed by atoms with E-state index in [2.05, 4.69) is 121 Å². The summed E-state index contributed by atoms with van der Waals surface area (Å²) in [5, 5.41) is 0. The highest BCUT2D eigenvalue weighted by molar-refractivity contribution is 5.87. The fourth-order valence-electron chi connectivity index (χ4n) is 7.34. The molecule has 0 aromatic heterocycles. The van der Waals surface area contributed by atoms with Crippen LogP contribution in [0.5, 0.6) is 0 Å². The number of rotatable bonds is 4. The lowest BCUT2D eigenvalue weighted by Crippen LogP contribution is -3.39. The van der Waals surface area contributed by atoms with Crippen molar-refractivity contribution in [1.29, 1.82) is 0 Å². The number of fused-ring (bicyclic) bond motifs is 4. The maximum absolute atomic E-state index is 14.7. The van der Waals surface area contributed by atoms with E-state index in [0.29, 0.717) is 5.78 Å². The molecule has 35 heavy (non-hydrogen) atoms. The van der Waals surface area contributed by atoms with Gasteiger partial charge < -0.3 is 0 Å². The second-order valence-corrected chi connectivity index (χ2v) is 10.3. The molecular weight excluding hydrogens is 428 g/mol. The van der Waals surface area contributed by atoms with E-state index in [4.69, 9.17) is 0 Å². The Bertz CT molecular complexity index is 1130. The van der Waals surface area contributed by atoms with Crippen molar-refractivity contribution in [2.24, 2.45) is 11.8 Å². The Morgan fingerprint density at radius 3 is 0.943 bits per heavy atom. The van der Waals surface area contributed by atoms with E-state index in [0.717, 1.165) is 6.67 Å². The van der Waals surface area contributed by atoms with Gasteiger partial charge in [0.05, 0.1) is 0 Å². The summed E-state index contributed by atoms with van der Waals surface area (Å²) < 4.78 is 0. The molecule has 3 fully saturated rings. The van der Waals surface area contributed by atoms with Crippen LogP contribution in [0.2, 0.25) is 0 Å². The molecular formula is C32H30N2O+2. The number of benzene rings is 4. The molecule has 3 nitrogen and oxygen atoms in total. The van der Waals surface area contributed by atoms with Crippen LogP contribution >= 0.6 is 0 Å². The van der Waals surface area contributed by atoms with E-state index in [9.17, 15) is 4.79 Å². The van der Waals surface area contributed by atoms with Gasteiger partial charge in [-0.25, -0.2) is 0 Å². The van der Waals surface area contributed by atoms with Crippen molar-refractivity contribution >= 4 is 5.78 Å². The zero-order valence-corrected chi connectivity index (χ0v) is 19.6. The first kappa shape index (κ1) is 20.8. The molecule has 3 saturated heterocycles. The molecule has 3 aliphatic rings. The number of quaternary nitrogens is 2. The largest absolute Gasteiger partial charge is 0.298 e. The van der Waals surface area contributed by atoms with Crippen LogP contribution in [0.3, 0.4) is 0 Å². The Balaban J connectivity index is 1.36. The number of hydrogen-bond donors (Lipinski definition) is 2. The van der Waals surface area contributed by atoms with Crippen molar-refractivity contribution < 1.29 is 14.6 Å². The molecule has 2 N–H and O–H groups in total. The van der Waals surface area contributed by atoms with Crippen molar-refractivity contribution in [2.75, 3.05) is 6.67 Å². The maximum Gasteiger partial charge on any atom is 0.206 e. The predicted molar refractivity (Wildman–Crippen MR) is 136 cm³/mol. The molecule has 3 heteroatoms. The summed E-state index contributed by atoms with van der Waals surface area (Å²) in [6.07, 6.45) is 0. The van der Waals surface area contributed by atoms with E-state index in [1.54, 1.807) is 0 Å². The third-order valence-corrected chi connectivity index (χ3v) is 8.73. The van der Waals surface area contributed by atoms with Gasteiger partial charge in [-0.05, 0) is 0 Å². The lowest BCUT2D eigenvalue weighted by atomic mass is 9.60. The van der Waals surface area contributed by atoms with Crippen LogP contribution < -0.4 is 9.80 Å². The van der Waals surface area contributed by atoms with Gasteiger partial charge in [0.2, 0.25) is 6.67 Å². The molecule has 6 atom stereocenters. The SMILES string of the molecule is O=C1C2[C@@H](c3ccccc3)[NH+](C[NH+]3[C@H](c4ccccc4)C1[C@@H]3c1ccccc1)[C@@H]2c1ccccc1. The Hall–Kier alpha value is -3.53. The van der Waals surface area contributed by atoms with Gasteiger partial charge in [0.1, 0.15) is 36.0 Å². The minimum absolute atomic E-state index is 0.000857. The molecule has 0 amide bonds. The van der Waals surface area contributed by atoms with E-state index in [1.165, 1.54) is 32.1 Å². The van der Waals surface area contributed by atoms with Gasteiger partial charge in [-0.2, -0.15) is 0 Å². The predicted octanol–water partition coefficient (Wildman–Crippen LogP) is 3.52. The van der Waals surface area contributed by atoms with Crippen LogP contribution in [-0.2, 0) is 4.79 Å². The third-order valence-electron chi connectivity index (χ3n) is 8.73. The summed E-state index contributed by atoms with van der Waals surface area (Å²) in [6.45, 7) is 0.999. The van der Waals surface area contributed by atoms with Crippen LogP contribution in [0.1, 0.15) is 46.4 Å². The molecule has 3 aliphatic heterocycles. The third kappa shape index (κ3) is 3.16. The molecule has 4 aromatic rings.